The summed E-state index contributed by atoms with van der Waals surface area (Å²) >= 11 is 1.32. The highest BCUT2D eigenvalue weighted by Gasteiger charge is 2.22. The Hall–Kier alpha value is -3.65. The van der Waals surface area contributed by atoms with Crippen LogP contribution in [-0.4, -0.2) is 34.8 Å². The average Bonchev–Trinajstić information content (AvgIpc) is 3.37. The third-order valence-corrected chi connectivity index (χ3v) is 6.00. The number of aromatic nitrogens is 3. The van der Waals surface area contributed by atoms with E-state index in [1.54, 1.807) is 49.4 Å². The molecule has 0 bridgehead atoms. The molecule has 7 nitrogen and oxygen atoms in total. The fraction of sp³-hybridized carbons (Fsp3) is 0.174. The molecule has 0 radical (unpaired) electrons. The molecule has 4 aromatic rings. The molecule has 31 heavy (non-hydrogen) atoms. The summed E-state index contributed by atoms with van der Waals surface area (Å²) in [7, 11) is 5.10. The quantitative estimate of drug-likeness (QED) is 0.419. The van der Waals surface area contributed by atoms with Crippen LogP contribution in [0.25, 0.3) is 11.3 Å². The summed E-state index contributed by atoms with van der Waals surface area (Å²) in [5, 5.41) is 8.18. The van der Waals surface area contributed by atoms with Gasteiger partial charge in [0.05, 0.1) is 37.5 Å². The van der Waals surface area contributed by atoms with Crippen molar-refractivity contribution in [3.63, 3.8) is 0 Å². The van der Waals surface area contributed by atoms with E-state index in [1.807, 2.05) is 38.2 Å². The van der Waals surface area contributed by atoms with E-state index >= 15 is 0 Å². The van der Waals surface area contributed by atoms with Gasteiger partial charge in [-0.2, -0.15) is 5.10 Å². The number of anilines is 2. The number of ketones is 1. The first-order valence-corrected chi connectivity index (χ1v) is 10.4. The molecule has 0 aliphatic heterocycles. The van der Waals surface area contributed by atoms with Crippen LogP contribution in [0.1, 0.15) is 20.9 Å². The summed E-state index contributed by atoms with van der Waals surface area (Å²) in [6, 6.07) is 14.6. The number of thiazole rings is 1. The second-order valence-corrected chi connectivity index (χ2v) is 7.87. The van der Waals surface area contributed by atoms with Gasteiger partial charge < -0.3 is 14.8 Å². The standard InChI is InChI=1S/C23H22N4O3S/c1-14-19(13-24-27(14)2)25-23-26-20(15-5-9-17(29-3)10-6-15)22(31-23)21(28)16-7-11-18(30-4)12-8-16/h5-13H,1-4H3,(H,25,26). The fourth-order valence-electron chi connectivity index (χ4n) is 3.08. The van der Waals surface area contributed by atoms with Crippen LogP contribution in [0.3, 0.4) is 0 Å². The predicted octanol–water partition coefficient (Wildman–Crippen LogP) is 4.84. The van der Waals surface area contributed by atoms with Gasteiger partial charge in [0.15, 0.2) is 5.13 Å². The topological polar surface area (TPSA) is 78.3 Å². The molecule has 0 amide bonds. The summed E-state index contributed by atoms with van der Waals surface area (Å²) in [5.41, 5.74) is 3.86. The van der Waals surface area contributed by atoms with Crippen molar-refractivity contribution < 1.29 is 14.3 Å². The van der Waals surface area contributed by atoms with E-state index in [-0.39, 0.29) is 5.78 Å². The number of carbonyl (C=O) groups is 1. The first-order valence-electron chi connectivity index (χ1n) is 9.59. The highest BCUT2D eigenvalue weighted by Crippen LogP contribution is 2.35. The molecule has 1 N–H and O–H groups in total. The Labute approximate surface area is 184 Å². The second-order valence-electron chi connectivity index (χ2n) is 6.88. The number of hydrogen-bond acceptors (Lipinski definition) is 7. The van der Waals surface area contributed by atoms with Gasteiger partial charge in [-0.1, -0.05) is 11.3 Å². The SMILES string of the molecule is COc1ccc(C(=O)c2sc(Nc3cnn(C)c3C)nc2-c2ccc(OC)cc2)cc1. The van der Waals surface area contributed by atoms with Crippen molar-refractivity contribution >= 4 is 27.9 Å². The van der Waals surface area contributed by atoms with Crippen molar-refractivity contribution in [3.05, 3.63) is 70.9 Å². The molecule has 0 unspecified atom stereocenters. The Morgan fingerprint density at radius 3 is 2.16 bits per heavy atom. The summed E-state index contributed by atoms with van der Waals surface area (Å²) in [6.07, 6.45) is 1.74. The zero-order valence-electron chi connectivity index (χ0n) is 17.7. The van der Waals surface area contributed by atoms with Gasteiger partial charge >= 0.3 is 0 Å². The third kappa shape index (κ3) is 4.15. The molecule has 0 saturated heterocycles. The number of rotatable bonds is 7. The maximum absolute atomic E-state index is 13.4. The zero-order valence-corrected chi connectivity index (χ0v) is 18.5. The molecular formula is C23H22N4O3S. The minimum atomic E-state index is -0.0954. The van der Waals surface area contributed by atoms with Crippen LogP contribution in [0, 0.1) is 6.92 Å². The largest absolute Gasteiger partial charge is 0.497 e. The smallest absolute Gasteiger partial charge is 0.205 e. The molecule has 4 rings (SSSR count). The van der Waals surface area contributed by atoms with E-state index in [4.69, 9.17) is 14.5 Å². The second kappa shape index (κ2) is 8.61. The van der Waals surface area contributed by atoms with Crippen molar-refractivity contribution in [2.45, 2.75) is 6.92 Å². The van der Waals surface area contributed by atoms with Crippen LogP contribution >= 0.6 is 11.3 Å². The lowest BCUT2D eigenvalue weighted by molar-refractivity contribution is 0.104. The predicted molar refractivity (Wildman–Crippen MR) is 122 cm³/mol. The number of aryl methyl sites for hydroxylation is 1. The lowest BCUT2D eigenvalue weighted by Crippen LogP contribution is -2.01. The molecule has 158 valence electrons. The Morgan fingerprint density at radius 2 is 1.61 bits per heavy atom. The Bertz CT molecular complexity index is 1210. The molecule has 0 spiro atoms. The third-order valence-electron chi connectivity index (χ3n) is 5.03. The van der Waals surface area contributed by atoms with Crippen molar-refractivity contribution in [1.29, 1.82) is 0 Å². The van der Waals surface area contributed by atoms with Crippen LogP contribution in [-0.2, 0) is 7.05 Å². The van der Waals surface area contributed by atoms with Gasteiger partial charge in [-0.3, -0.25) is 9.48 Å². The Balaban J connectivity index is 1.75. The molecule has 0 atom stereocenters. The molecule has 0 fully saturated rings. The van der Waals surface area contributed by atoms with Gasteiger partial charge in [0.25, 0.3) is 0 Å². The highest BCUT2D eigenvalue weighted by atomic mass is 32.1. The normalized spacial score (nSPS) is 10.7. The lowest BCUT2D eigenvalue weighted by atomic mass is 10.0. The maximum Gasteiger partial charge on any atom is 0.205 e. The minimum absolute atomic E-state index is 0.0954. The van der Waals surface area contributed by atoms with Crippen LogP contribution in [0.4, 0.5) is 10.8 Å². The summed E-state index contributed by atoms with van der Waals surface area (Å²) < 4.78 is 12.2. The zero-order chi connectivity index (χ0) is 22.0. The summed E-state index contributed by atoms with van der Waals surface area (Å²) in [5.74, 6) is 1.35. The van der Waals surface area contributed by atoms with Gasteiger partial charge in [0.1, 0.15) is 16.4 Å². The number of ether oxygens (including phenoxy) is 2. The van der Waals surface area contributed by atoms with Gasteiger partial charge in [0, 0.05) is 18.2 Å². The average molecular weight is 435 g/mol. The van der Waals surface area contributed by atoms with Gasteiger partial charge in [0.2, 0.25) is 5.78 Å². The molecule has 2 aromatic carbocycles. The van der Waals surface area contributed by atoms with Crippen LogP contribution in [0.5, 0.6) is 11.5 Å². The van der Waals surface area contributed by atoms with E-state index in [9.17, 15) is 4.79 Å². The van der Waals surface area contributed by atoms with Gasteiger partial charge in [-0.05, 0) is 55.5 Å². The molecule has 0 aliphatic rings. The molecule has 2 aromatic heterocycles. The monoisotopic (exact) mass is 434 g/mol. The van der Waals surface area contributed by atoms with E-state index in [2.05, 4.69) is 10.4 Å². The van der Waals surface area contributed by atoms with Crippen molar-refractivity contribution in [2.24, 2.45) is 7.05 Å². The van der Waals surface area contributed by atoms with E-state index in [0.29, 0.717) is 27.0 Å². The fourth-order valence-corrected chi connectivity index (χ4v) is 4.04. The minimum Gasteiger partial charge on any atom is -0.497 e. The number of nitrogens with zero attached hydrogens (tertiary/aromatic N) is 3. The number of benzene rings is 2. The Kier molecular flexibility index (Phi) is 5.73. The van der Waals surface area contributed by atoms with Gasteiger partial charge in [-0.25, -0.2) is 4.98 Å². The van der Waals surface area contributed by atoms with E-state index < -0.39 is 0 Å². The molecule has 8 heteroatoms. The number of carbonyl (C=O) groups excluding carboxylic acids is 1. The van der Waals surface area contributed by atoms with Crippen molar-refractivity contribution in [3.8, 4) is 22.8 Å². The first kappa shape index (κ1) is 20.6. The van der Waals surface area contributed by atoms with Crippen LogP contribution < -0.4 is 14.8 Å². The number of methoxy groups -OCH3 is 2. The molecule has 0 saturated carbocycles. The number of hydrogen-bond donors (Lipinski definition) is 1. The Morgan fingerprint density at radius 1 is 1.00 bits per heavy atom. The highest BCUT2D eigenvalue weighted by molar-refractivity contribution is 7.18. The number of nitrogens with one attached hydrogen (secondary N) is 1. The van der Waals surface area contributed by atoms with Crippen LogP contribution in [0.15, 0.2) is 54.7 Å². The lowest BCUT2D eigenvalue weighted by Gasteiger charge is -2.05. The summed E-state index contributed by atoms with van der Waals surface area (Å²) in [6.45, 7) is 1.97. The molecular weight excluding hydrogens is 412 g/mol. The first-order chi connectivity index (χ1) is 15.0. The van der Waals surface area contributed by atoms with Crippen molar-refractivity contribution in [2.75, 3.05) is 19.5 Å². The molecule has 0 aliphatic carbocycles. The van der Waals surface area contributed by atoms with Crippen LogP contribution in [0.2, 0.25) is 0 Å². The van der Waals surface area contributed by atoms with Gasteiger partial charge in [-0.15, -0.1) is 0 Å². The molecule has 2 heterocycles. The summed E-state index contributed by atoms with van der Waals surface area (Å²) in [4.78, 5) is 18.7. The van der Waals surface area contributed by atoms with Crippen molar-refractivity contribution in [1.82, 2.24) is 14.8 Å². The van der Waals surface area contributed by atoms with E-state index in [1.165, 1.54) is 11.3 Å². The van der Waals surface area contributed by atoms with E-state index in [0.717, 1.165) is 22.7 Å². The maximum atomic E-state index is 13.4.